The topological polar surface area (TPSA) is 70.7 Å². The molecule has 10 heteroatoms. The Hall–Kier alpha value is -2.84. The van der Waals surface area contributed by atoms with Gasteiger partial charge in [0.25, 0.3) is 0 Å². The quantitative estimate of drug-likeness (QED) is 0.293. The molecule has 2 aliphatic heterocycles. The summed E-state index contributed by atoms with van der Waals surface area (Å²) in [5, 5.41) is 6.66. The van der Waals surface area contributed by atoms with Crippen molar-refractivity contribution in [3.8, 4) is 0 Å². The Bertz CT molecular complexity index is 1370. The SMILES string of the molecule is C[C@@H](NC(=O)[C@H](CCN1CCC2(CC1)OC(=O)Nc1ccc(F)cc12)c1ccc(Cl)c(Cl)c1)c1ccccc1.Cl. The van der Waals surface area contributed by atoms with Crippen LogP contribution in [-0.2, 0) is 15.1 Å². The molecule has 212 valence electrons. The number of likely N-dealkylation sites (tertiary alicyclic amines) is 1. The monoisotopic (exact) mass is 605 g/mol. The predicted molar refractivity (Wildman–Crippen MR) is 158 cm³/mol. The van der Waals surface area contributed by atoms with E-state index in [2.05, 4.69) is 15.5 Å². The van der Waals surface area contributed by atoms with Crippen LogP contribution in [0.4, 0.5) is 14.9 Å². The lowest BCUT2D eigenvalue weighted by molar-refractivity contribution is -0.123. The van der Waals surface area contributed by atoms with Crippen molar-refractivity contribution < 1.29 is 18.7 Å². The summed E-state index contributed by atoms with van der Waals surface area (Å²) >= 11 is 12.5. The van der Waals surface area contributed by atoms with Crippen LogP contribution in [-0.4, -0.2) is 36.5 Å². The van der Waals surface area contributed by atoms with Crippen molar-refractivity contribution in [3.05, 3.63) is 99.3 Å². The Labute approximate surface area is 249 Å². The van der Waals surface area contributed by atoms with E-state index in [9.17, 15) is 14.0 Å². The van der Waals surface area contributed by atoms with Crippen LogP contribution in [0.3, 0.4) is 0 Å². The van der Waals surface area contributed by atoms with E-state index in [1.807, 2.05) is 43.3 Å². The second kappa shape index (κ2) is 12.8. The van der Waals surface area contributed by atoms with Crippen molar-refractivity contribution in [3.63, 3.8) is 0 Å². The lowest BCUT2D eigenvalue weighted by atomic mass is 9.82. The van der Waals surface area contributed by atoms with Gasteiger partial charge in [-0.15, -0.1) is 12.4 Å². The zero-order valence-electron chi connectivity index (χ0n) is 22.0. The Morgan fingerprint density at radius 1 is 1.05 bits per heavy atom. The largest absolute Gasteiger partial charge is 0.438 e. The van der Waals surface area contributed by atoms with Crippen LogP contribution < -0.4 is 10.6 Å². The first-order valence-electron chi connectivity index (χ1n) is 13.1. The van der Waals surface area contributed by atoms with E-state index in [0.29, 0.717) is 60.2 Å². The molecule has 0 bridgehead atoms. The van der Waals surface area contributed by atoms with Crippen LogP contribution in [0.2, 0.25) is 10.0 Å². The van der Waals surface area contributed by atoms with Gasteiger partial charge >= 0.3 is 6.09 Å². The molecule has 1 saturated heterocycles. The van der Waals surface area contributed by atoms with Crippen molar-refractivity contribution >= 4 is 53.3 Å². The number of carbonyl (C=O) groups excluding carboxylic acids is 2. The van der Waals surface area contributed by atoms with Gasteiger partial charge in [0, 0.05) is 31.5 Å². The molecule has 0 unspecified atom stereocenters. The second-order valence-electron chi connectivity index (χ2n) is 10.2. The van der Waals surface area contributed by atoms with Gasteiger partial charge in [0.15, 0.2) is 0 Å². The fourth-order valence-electron chi connectivity index (χ4n) is 5.51. The van der Waals surface area contributed by atoms with E-state index < -0.39 is 17.6 Å². The van der Waals surface area contributed by atoms with Gasteiger partial charge in [-0.3, -0.25) is 10.1 Å². The molecular weight excluding hydrogens is 576 g/mol. The van der Waals surface area contributed by atoms with Gasteiger partial charge in [-0.1, -0.05) is 59.6 Å². The highest BCUT2D eigenvalue weighted by molar-refractivity contribution is 6.42. The molecule has 0 aromatic heterocycles. The molecular formula is C30H31Cl3FN3O3. The van der Waals surface area contributed by atoms with Crippen molar-refractivity contribution in [1.82, 2.24) is 10.2 Å². The number of anilines is 1. The van der Waals surface area contributed by atoms with Crippen LogP contribution in [0, 0.1) is 5.82 Å². The fourth-order valence-corrected chi connectivity index (χ4v) is 5.82. The third kappa shape index (κ3) is 6.55. The highest BCUT2D eigenvalue weighted by atomic mass is 35.5. The number of nitrogens with one attached hydrogen (secondary N) is 2. The Kier molecular flexibility index (Phi) is 9.62. The van der Waals surface area contributed by atoms with Crippen LogP contribution in [0.25, 0.3) is 0 Å². The Balaban J connectivity index is 0.00000370. The van der Waals surface area contributed by atoms with Crippen molar-refractivity contribution in [2.75, 3.05) is 25.0 Å². The lowest BCUT2D eigenvalue weighted by Crippen LogP contribution is -2.48. The van der Waals surface area contributed by atoms with E-state index in [1.54, 1.807) is 18.2 Å². The molecule has 40 heavy (non-hydrogen) atoms. The number of nitrogens with zero attached hydrogens (tertiary/aromatic N) is 1. The molecule has 3 aromatic carbocycles. The predicted octanol–water partition coefficient (Wildman–Crippen LogP) is 7.46. The molecule has 2 atom stereocenters. The summed E-state index contributed by atoms with van der Waals surface area (Å²) in [4.78, 5) is 28.0. The van der Waals surface area contributed by atoms with Gasteiger partial charge in [0.05, 0.1) is 27.7 Å². The molecule has 6 nitrogen and oxygen atoms in total. The zero-order valence-corrected chi connectivity index (χ0v) is 24.3. The third-order valence-corrected chi connectivity index (χ3v) is 8.45. The summed E-state index contributed by atoms with van der Waals surface area (Å²) < 4.78 is 19.8. The molecule has 1 fully saturated rings. The minimum atomic E-state index is -0.859. The average Bonchev–Trinajstić information content (AvgIpc) is 2.92. The van der Waals surface area contributed by atoms with Gasteiger partial charge in [-0.05, 0) is 61.3 Å². The van der Waals surface area contributed by atoms with Crippen LogP contribution in [0.5, 0.6) is 0 Å². The molecule has 3 aromatic rings. The number of fused-ring (bicyclic) bond motifs is 2. The maximum Gasteiger partial charge on any atom is 0.412 e. The summed E-state index contributed by atoms with van der Waals surface area (Å²) in [6.07, 6.45) is 1.11. The minimum Gasteiger partial charge on any atom is -0.438 e. The van der Waals surface area contributed by atoms with Crippen molar-refractivity contribution in [1.29, 1.82) is 0 Å². The number of halogens is 4. The highest BCUT2D eigenvalue weighted by Crippen LogP contribution is 2.44. The van der Waals surface area contributed by atoms with Crippen LogP contribution >= 0.6 is 35.6 Å². The van der Waals surface area contributed by atoms with Gasteiger partial charge < -0.3 is 15.0 Å². The van der Waals surface area contributed by atoms with E-state index in [-0.39, 0.29) is 30.2 Å². The number of hydrogen-bond donors (Lipinski definition) is 2. The van der Waals surface area contributed by atoms with Gasteiger partial charge in [0.2, 0.25) is 5.91 Å². The number of rotatable bonds is 7. The Morgan fingerprint density at radius 3 is 2.48 bits per heavy atom. The molecule has 0 radical (unpaired) electrons. The number of amides is 2. The molecule has 0 saturated carbocycles. The smallest absolute Gasteiger partial charge is 0.412 e. The van der Waals surface area contributed by atoms with Crippen molar-refractivity contribution in [2.24, 2.45) is 0 Å². The molecule has 2 aliphatic rings. The first kappa shape index (κ1) is 30.1. The normalized spacial score (nSPS) is 17.6. The molecule has 2 amide bonds. The van der Waals surface area contributed by atoms with Gasteiger partial charge in [-0.25, -0.2) is 9.18 Å². The number of piperidine rings is 1. The number of benzene rings is 3. The molecule has 5 rings (SSSR count). The lowest BCUT2D eigenvalue weighted by Gasteiger charge is -2.44. The molecule has 0 aliphatic carbocycles. The van der Waals surface area contributed by atoms with Gasteiger partial charge in [-0.2, -0.15) is 0 Å². The molecule has 2 heterocycles. The first-order valence-corrected chi connectivity index (χ1v) is 13.8. The van der Waals surface area contributed by atoms with E-state index in [4.69, 9.17) is 27.9 Å². The minimum absolute atomic E-state index is 0. The van der Waals surface area contributed by atoms with E-state index in [1.165, 1.54) is 12.1 Å². The second-order valence-corrected chi connectivity index (χ2v) is 11.0. The van der Waals surface area contributed by atoms with Crippen LogP contribution in [0.15, 0.2) is 66.7 Å². The summed E-state index contributed by atoms with van der Waals surface area (Å²) in [6.45, 7) is 3.89. The van der Waals surface area contributed by atoms with Crippen LogP contribution in [0.1, 0.15) is 54.8 Å². The third-order valence-electron chi connectivity index (χ3n) is 7.72. The first-order chi connectivity index (χ1) is 18.7. The van der Waals surface area contributed by atoms with Gasteiger partial charge in [0.1, 0.15) is 11.4 Å². The average molecular weight is 607 g/mol. The highest BCUT2D eigenvalue weighted by Gasteiger charge is 2.44. The summed E-state index contributed by atoms with van der Waals surface area (Å²) in [6, 6.07) is 19.3. The molecule has 2 N–H and O–H groups in total. The maximum atomic E-state index is 14.1. The maximum absolute atomic E-state index is 14.1. The fraction of sp³-hybridized carbons (Fsp3) is 0.333. The number of ether oxygens (including phenoxy) is 1. The Morgan fingerprint density at radius 2 is 1.77 bits per heavy atom. The number of carbonyl (C=O) groups is 2. The molecule has 1 spiro atoms. The van der Waals surface area contributed by atoms with Crippen molar-refractivity contribution in [2.45, 2.75) is 43.7 Å². The number of hydrogen-bond acceptors (Lipinski definition) is 4. The summed E-state index contributed by atoms with van der Waals surface area (Å²) in [7, 11) is 0. The van der Waals surface area contributed by atoms with E-state index >= 15 is 0 Å². The summed E-state index contributed by atoms with van der Waals surface area (Å²) in [5.74, 6) is -0.890. The summed E-state index contributed by atoms with van der Waals surface area (Å²) in [5.41, 5.74) is 2.22. The van der Waals surface area contributed by atoms with E-state index in [0.717, 1.165) is 11.1 Å². The zero-order chi connectivity index (χ0) is 27.6. The standard InChI is InChI=1S/C30H30Cl2FN3O3.ClH/c1-19(20-5-3-2-4-6-20)34-28(37)23(21-7-9-25(31)26(32)17-21)11-14-36-15-12-30(13-16-36)24-18-22(33)8-10-27(24)35-29(38)39-30;/h2-10,17-19,23H,11-16H2,1H3,(H,34,37)(H,35,38);1H/t19-,23-;/m1./s1.